The zero-order chi connectivity index (χ0) is 15.4. The molecule has 0 atom stereocenters. The number of hydrogen-bond acceptors (Lipinski definition) is 4. The number of esters is 1. The predicted octanol–water partition coefficient (Wildman–Crippen LogP) is 2.45. The van der Waals surface area contributed by atoms with Crippen LogP contribution in [0.4, 0.5) is 0 Å². The van der Waals surface area contributed by atoms with Gasteiger partial charge in [-0.3, -0.25) is 9.59 Å². The van der Waals surface area contributed by atoms with E-state index in [0.717, 1.165) is 6.42 Å². The normalized spacial score (nSPS) is 14.3. The number of Topliss-reactive ketones (excluding diaryl/α,β-unsaturated/α-hetero) is 1. The molecule has 0 spiro atoms. The molecule has 21 heavy (non-hydrogen) atoms. The van der Waals surface area contributed by atoms with Gasteiger partial charge in [-0.2, -0.15) is 0 Å². The largest absolute Gasteiger partial charge is 0.462 e. The van der Waals surface area contributed by atoms with Crippen LogP contribution in [0.15, 0.2) is 22.1 Å². The summed E-state index contributed by atoms with van der Waals surface area (Å²) in [6.07, 6.45) is 5.06. The van der Waals surface area contributed by atoms with Crippen molar-refractivity contribution in [2.45, 2.75) is 32.7 Å². The summed E-state index contributed by atoms with van der Waals surface area (Å²) in [5.74, 6) is -0.871. The molecular weight excluding hydrogens is 338 g/mol. The number of ketones is 1. The maximum atomic E-state index is 12.4. The molecule has 5 nitrogen and oxygen atoms in total. The van der Waals surface area contributed by atoms with Crippen LogP contribution in [0.25, 0.3) is 0 Å². The van der Waals surface area contributed by atoms with Crippen molar-refractivity contribution in [1.29, 1.82) is 0 Å². The predicted molar refractivity (Wildman–Crippen MR) is 82.0 cm³/mol. The van der Waals surface area contributed by atoms with Crippen LogP contribution >= 0.6 is 15.9 Å². The van der Waals surface area contributed by atoms with Gasteiger partial charge in [-0.1, -0.05) is 22.0 Å². The van der Waals surface area contributed by atoms with Crippen LogP contribution in [0, 0.1) is 0 Å². The number of hydrogen-bond donors (Lipinski definition) is 0. The maximum Gasteiger partial charge on any atom is 0.343 e. The first kappa shape index (κ1) is 15.7. The van der Waals surface area contributed by atoms with E-state index in [1.807, 2.05) is 6.08 Å². The van der Waals surface area contributed by atoms with Gasteiger partial charge < -0.3 is 9.30 Å². The lowest BCUT2D eigenvalue weighted by molar-refractivity contribution is 0.0523. The minimum absolute atomic E-state index is 0.0752. The fourth-order valence-corrected chi connectivity index (χ4v) is 2.64. The van der Waals surface area contributed by atoms with Crippen LogP contribution in [0.2, 0.25) is 0 Å². The second kappa shape index (κ2) is 6.85. The number of carbonyl (C=O) groups is 2. The molecule has 2 rings (SSSR count). The summed E-state index contributed by atoms with van der Waals surface area (Å²) in [5.41, 5.74) is 0.269. The van der Waals surface area contributed by atoms with E-state index in [2.05, 4.69) is 15.9 Å². The molecule has 0 bridgehead atoms. The second-order valence-corrected chi connectivity index (χ2v) is 5.23. The highest BCUT2D eigenvalue weighted by molar-refractivity contribution is 9.11. The van der Waals surface area contributed by atoms with Gasteiger partial charge in [0.2, 0.25) is 5.43 Å². The molecule has 0 amide bonds. The summed E-state index contributed by atoms with van der Waals surface area (Å²) in [7, 11) is 0. The van der Waals surface area contributed by atoms with Crippen molar-refractivity contribution in [3.63, 3.8) is 0 Å². The number of halogens is 1. The van der Waals surface area contributed by atoms with Gasteiger partial charge in [0, 0.05) is 24.9 Å². The molecule has 112 valence electrons. The molecule has 1 aliphatic carbocycles. The Morgan fingerprint density at radius 3 is 2.86 bits per heavy atom. The van der Waals surface area contributed by atoms with Crippen molar-refractivity contribution < 1.29 is 14.3 Å². The Morgan fingerprint density at radius 2 is 2.19 bits per heavy atom. The number of carbonyl (C=O) groups excluding carboxylic acids is 2. The zero-order valence-corrected chi connectivity index (χ0v) is 13.3. The van der Waals surface area contributed by atoms with E-state index in [-0.39, 0.29) is 23.5 Å². The summed E-state index contributed by atoms with van der Waals surface area (Å²) < 4.78 is 6.68. The Kier molecular flexibility index (Phi) is 5.12. The first-order chi connectivity index (χ1) is 10.1. The molecule has 1 aromatic heterocycles. The standard InChI is InChI=1S/C15H16BrNO4/c1-2-21-15(20)10-9-17(8-4-7-16)11-5-3-6-12(18)13(11)14(10)19/h4,7,9H,2-3,5-6,8H2,1H3/b7-4+. The topological polar surface area (TPSA) is 65.4 Å². The molecular formula is C15H16BrNO4. The van der Waals surface area contributed by atoms with Crippen LogP contribution in [-0.4, -0.2) is 22.9 Å². The van der Waals surface area contributed by atoms with Crippen LogP contribution in [0.1, 0.15) is 46.2 Å². The molecule has 0 aliphatic heterocycles. The van der Waals surface area contributed by atoms with E-state index in [4.69, 9.17) is 4.74 Å². The van der Waals surface area contributed by atoms with Gasteiger partial charge in [-0.05, 0) is 24.8 Å². The molecule has 0 saturated heterocycles. The highest BCUT2D eigenvalue weighted by Gasteiger charge is 2.27. The van der Waals surface area contributed by atoms with E-state index in [1.54, 1.807) is 16.5 Å². The first-order valence-electron chi connectivity index (χ1n) is 6.82. The van der Waals surface area contributed by atoms with E-state index >= 15 is 0 Å². The van der Waals surface area contributed by atoms with Crippen LogP contribution in [-0.2, 0) is 17.7 Å². The second-order valence-electron chi connectivity index (χ2n) is 4.70. The molecule has 1 aliphatic rings. The van der Waals surface area contributed by atoms with E-state index in [1.165, 1.54) is 6.20 Å². The van der Waals surface area contributed by atoms with Crippen molar-refractivity contribution in [2.24, 2.45) is 0 Å². The summed E-state index contributed by atoms with van der Waals surface area (Å²) >= 11 is 3.19. The van der Waals surface area contributed by atoms with Crippen molar-refractivity contribution >= 4 is 27.7 Å². The van der Waals surface area contributed by atoms with Gasteiger partial charge in [0.25, 0.3) is 0 Å². The van der Waals surface area contributed by atoms with E-state index in [0.29, 0.717) is 25.1 Å². The van der Waals surface area contributed by atoms with Gasteiger partial charge >= 0.3 is 5.97 Å². The van der Waals surface area contributed by atoms with E-state index in [9.17, 15) is 14.4 Å². The number of nitrogens with zero attached hydrogens (tertiary/aromatic N) is 1. The molecule has 1 heterocycles. The van der Waals surface area contributed by atoms with Crippen LogP contribution in [0.3, 0.4) is 0 Å². The smallest absolute Gasteiger partial charge is 0.343 e. The van der Waals surface area contributed by atoms with Crippen molar-refractivity contribution in [3.05, 3.63) is 44.3 Å². The van der Waals surface area contributed by atoms with Gasteiger partial charge in [0.05, 0.1) is 12.2 Å². The molecule has 0 fully saturated rings. The number of rotatable bonds is 4. The lowest BCUT2D eigenvalue weighted by atomic mass is 9.92. The summed E-state index contributed by atoms with van der Waals surface area (Å²) in [4.78, 5) is 38.1. The molecule has 0 saturated carbocycles. The number of aromatic nitrogens is 1. The molecule has 0 unspecified atom stereocenters. The zero-order valence-electron chi connectivity index (χ0n) is 11.7. The fraction of sp³-hybridized carbons (Fsp3) is 0.400. The molecule has 0 radical (unpaired) electrons. The van der Waals surface area contributed by atoms with Gasteiger partial charge in [0.1, 0.15) is 5.56 Å². The number of pyridine rings is 1. The maximum absolute atomic E-state index is 12.4. The Balaban J connectivity index is 2.63. The average Bonchev–Trinajstić information content (AvgIpc) is 2.46. The third-order valence-corrected chi connectivity index (χ3v) is 3.75. The quantitative estimate of drug-likeness (QED) is 0.779. The van der Waals surface area contributed by atoms with Crippen molar-refractivity contribution in [1.82, 2.24) is 4.57 Å². The Bertz CT molecular complexity index is 660. The summed E-state index contributed by atoms with van der Waals surface area (Å²) in [5, 5.41) is 0. The van der Waals surface area contributed by atoms with Gasteiger partial charge in [-0.25, -0.2) is 4.79 Å². The SMILES string of the molecule is CCOC(=O)c1cn(C/C=C/Br)c2c(c1=O)C(=O)CCC2. The highest BCUT2D eigenvalue weighted by atomic mass is 79.9. The lowest BCUT2D eigenvalue weighted by Crippen LogP contribution is -2.31. The Morgan fingerprint density at radius 1 is 1.43 bits per heavy atom. The van der Waals surface area contributed by atoms with Crippen molar-refractivity contribution in [2.75, 3.05) is 6.61 Å². The van der Waals surface area contributed by atoms with Crippen LogP contribution < -0.4 is 5.43 Å². The minimum Gasteiger partial charge on any atom is -0.462 e. The average molecular weight is 354 g/mol. The first-order valence-corrected chi connectivity index (χ1v) is 7.73. The highest BCUT2D eigenvalue weighted by Crippen LogP contribution is 2.20. The number of fused-ring (bicyclic) bond motifs is 1. The third kappa shape index (κ3) is 3.15. The van der Waals surface area contributed by atoms with Gasteiger partial charge in [0.15, 0.2) is 5.78 Å². The summed E-state index contributed by atoms with van der Waals surface area (Å²) in [6, 6.07) is 0. The Labute approximate surface area is 130 Å². The Hall–Kier alpha value is -1.69. The lowest BCUT2D eigenvalue weighted by Gasteiger charge is -2.20. The monoisotopic (exact) mass is 353 g/mol. The number of ether oxygens (including phenoxy) is 1. The minimum atomic E-state index is -0.680. The van der Waals surface area contributed by atoms with E-state index < -0.39 is 11.4 Å². The molecule has 6 heteroatoms. The van der Waals surface area contributed by atoms with Crippen LogP contribution in [0.5, 0.6) is 0 Å². The third-order valence-electron chi connectivity index (χ3n) is 3.37. The number of allylic oxidation sites excluding steroid dienone is 1. The summed E-state index contributed by atoms with van der Waals surface area (Å²) in [6.45, 7) is 2.34. The van der Waals surface area contributed by atoms with Crippen molar-refractivity contribution in [3.8, 4) is 0 Å². The fourth-order valence-electron chi connectivity index (χ4n) is 2.47. The molecule has 0 N–H and O–H groups in total. The molecule has 1 aromatic rings. The molecule has 0 aromatic carbocycles. The van der Waals surface area contributed by atoms with Gasteiger partial charge in [-0.15, -0.1) is 0 Å².